The minimum Gasteiger partial charge on any atom is -0.294 e. The van der Waals surface area contributed by atoms with Gasteiger partial charge in [0.1, 0.15) is 5.82 Å². The van der Waals surface area contributed by atoms with Crippen LogP contribution in [0.5, 0.6) is 0 Å². The molecule has 0 saturated heterocycles. The number of ketones is 1. The summed E-state index contributed by atoms with van der Waals surface area (Å²) in [6.45, 7) is 0. The normalized spacial score (nSPS) is 10.2. The first kappa shape index (κ1) is 11.9. The van der Waals surface area contributed by atoms with Crippen LogP contribution >= 0.6 is 31.9 Å². The molecule has 0 N–H and O–H groups in total. The topological polar surface area (TPSA) is 17.1 Å². The lowest BCUT2D eigenvalue weighted by molar-refractivity contribution is 0.0989. The number of hydrogen-bond acceptors (Lipinski definition) is 1. The van der Waals surface area contributed by atoms with Crippen molar-refractivity contribution in [2.75, 3.05) is 5.33 Å². The Labute approximate surface area is 99.0 Å². The maximum Gasteiger partial charge on any atom is 0.163 e. The van der Waals surface area contributed by atoms with Crippen LogP contribution in [0.25, 0.3) is 0 Å². The van der Waals surface area contributed by atoms with Crippen LogP contribution in [0.15, 0.2) is 18.2 Å². The molecule has 1 rings (SSSR count). The first-order chi connectivity index (χ1) is 6.67. The van der Waals surface area contributed by atoms with Crippen LogP contribution in [-0.4, -0.2) is 11.1 Å². The maximum absolute atomic E-state index is 13.0. The van der Waals surface area contributed by atoms with E-state index in [1.54, 1.807) is 6.07 Å². The summed E-state index contributed by atoms with van der Waals surface area (Å²) in [5.74, 6) is -0.400. The standard InChI is InChI=1S/C10H9Br2FO/c11-2-1-10(14)8-3-7(6-12)4-9(13)5-8/h3-5H,1-2,6H2. The summed E-state index contributed by atoms with van der Waals surface area (Å²) in [4.78, 5) is 11.5. The van der Waals surface area contributed by atoms with Gasteiger partial charge in [0.25, 0.3) is 0 Å². The van der Waals surface area contributed by atoms with Gasteiger partial charge in [-0.2, -0.15) is 0 Å². The van der Waals surface area contributed by atoms with Crippen LogP contribution in [0.2, 0.25) is 0 Å². The van der Waals surface area contributed by atoms with E-state index in [2.05, 4.69) is 31.9 Å². The first-order valence-corrected chi connectivity index (χ1v) is 6.36. The van der Waals surface area contributed by atoms with E-state index in [0.29, 0.717) is 22.6 Å². The minimum absolute atomic E-state index is 0.0384. The zero-order chi connectivity index (χ0) is 10.6. The SMILES string of the molecule is O=C(CCBr)c1cc(F)cc(CBr)c1. The quantitative estimate of drug-likeness (QED) is 0.610. The number of carbonyl (C=O) groups excluding carboxylic acids is 1. The van der Waals surface area contributed by atoms with Crippen molar-refractivity contribution in [2.45, 2.75) is 11.8 Å². The van der Waals surface area contributed by atoms with Gasteiger partial charge in [-0.15, -0.1) is 0 Å². The zero-order valence-corrected chi connectivity index (χ0v) is 10.6. The summed E-state index contributed by atoms with van der Waals surface area (Å²) >= 11 is 6.40. The Morgan fingerprint density at radius 3 is 2.57 bits per heavy atom. The van der Waals surface area contributed by atoms with Crippen LogP contribution in [0, 0.1) is 5.82 Å². The van der Waals surface area contributed by atoms with E-state index < -0.39 is 0 Å². The second kappa shape index (κ2) is 5.61. The van der Waals surface area contributed by atoms with Crippen molar-refractivity contribution < 1.29 is 9.18 Å². The Hall–Kier alpha value is -0.220. The van der Waals surface area contributed by atoms with Gasteiger partial charge in [0.2, 0.25) is 0 Å². The van der Waals surface area contributed by atoms with Gasteiger partial charge in [0.05, 0.1) is 0 Å². The predicted molar refractivity (Wildman–Crippen MR) is 61.8 cm³/mol. The lowest BCUT2D eigenvalue weighted by Gasteiger charge is -2.02. The maximum atomic E-state index is 13.0. The smallest absolute Gasteiger partial charge is 0.163 e. The van der Waals surface area contributed by atoms with Crippen molar-refractivity contribution in [3.63, 3.8) is 0 Å². The highest BCUT2D eigenvalue weighted by molar-refractivity contribution is 9.09. The molecule has 0 aromatic heterocycles. The summed E-state index contributed by atoms with van der Waals surface area (Å²) in [6.07, 6.45) is 0.394. The van der Waals surface area contributed by atoms with E-state index in [-0.39, 0.29) is 11.6 Å². The molecule has 0 heterocycles. The van der Waals surface area contributed by atoms with Crippen LogP contribution in [0.4, 0.5) is 4.39 Å². The molecule has 0 aliphatic carbocycles. The van der Waals surface area contributed by atoms with Crippen molar-refractivity contribution in [1.82, 2.24) is 0 Å². The fraction of sp³-hybridized carbons (Fsp3) is 0.300. The number of hydrogen-bond donors (Lipinski definition) is 0. The molecular weight excluding hydrogens is 315 g/mol. The van der Waals surface area contributed by atoms with Gasteiger partial charge in [0, 0.05) is 22.6 Å². The van der Waals surface area contributed by atoms with Gasteiger partial charge in [-0.25, -0.2) is 4.39 Å². The molecule has 0 saturated carbocycles. The number of carbonyl (C=O) groups is 1. The van der Waals surface area contributed by atoms with E-state index in [0.717, 1.165) is 5.56 Å². The van der Waals surface area contributed by atoms with Crippen molar-refractivity contribution >= 4 is 37.6 Å². The van der Waals surface area contributed by atoms with Gasteiger partial charge in [-0.3, -0.25) is 4.79 Å². The molecule has 0 radical (unpaired) electrons. The summed E-state index contributed by atoms with van der Waals surface area (Å²) < 4.78 is 13.0. The average Bonchev–Trinajstić information content (AvgIpc) is 2.17. The number of benzene rings is 1. The van der Waals surface area contributed by atoms with Crippen LogP contribution in [0.1, 0.15) is 22.3 Å². The lowest BCUT2D eigenvalue weighted by Crippen LogP contribution is -2.01. The summed E-state index contributed by atoms with van der Waals surface area (Å²) in [7, 11) is 0. The largest absolute Gasteiger partial charge is 0.294 e. The highest BCUT2D eigenvalue weighted by Crippen LogP contribution is 2.14. The number of alkyl halides is 2. The van der Waals surface area contributed by atoms with E-state index in [1.165, 1.54) is 12.1 Å². The lowest BCUT2D eigenvalue weighted by atomic mass is 10.1. The van der Waals surface area contributed by atoms with Gasteiger partial charge < -0.3 is 0 Å². The second-order valence-corrected chi connectivity index (χ2v) is 4.20. The van der Waals surface area contributed by atoms with E-state index >= 15 is 0 Å². The third-order valence-electron chi connectivity index (χ3n) is 1.76. The van der Waals surface area contributed by atoms with Crippen molar-refractivity contribution in [2.24, 2.45) is 0 Å². The van der Waals surface area contributed by atoms with Gasteiger partial charge in [0.15, 0.2) is 5.78 Å². The number of rotatable bonds is 4. The van der Waals surface area contributed by atoms with Gasteiger partial charge in [-0.05, 0) is 23.8 Å². The van der Waals surface area contributed by atoms with Gasteiger partial charge >= 0.3 is 0 Å². The van der Waals surface area contributed by atoms with Crippen molar-refractivity contribution in [1.29, 1.82) is 0 Å². The molecule has 1 aromatic carbocycles. The summed E-state index contributed by atoms with van der Waals surface area (Å²) in [5.41, 5.74) is 1.22. The Morgan fingerprint density at radius 1 is 1.29 bits per heavy atom. The molecule has 76 valence electrons. The van der Waals surface area contributed by atoms with E-state index in [9.17, 15) is 9.18 Å². The average molecular weight is 324 g/mol. The van der Waals surface area contributed by atoms with Crippen molar-refractivity contribution in [3.05, 3.63) is 35.1 Å². The monoisotopic (exact) mass is 322 g/mol. The van der Waals surface area contributed by atoms with Crippen molar-refractivity contribution in [3.8, 4) is 0 Å². The third kappa shape index (κ3) is 3.17. The molecule has 0 spiro atoms. The van der Waals surface area contributed by atoms with Gasteiger partial charge in [-0.1, -0.05) is 31.9 Å². The fourth-order valence-electron chi connectivity index (χ4n) is 1.12. The first-order valence-electron chi connectivity index (χ1n) is 4.12. The number of halogens is 3. The Morgan fingerprint density at radius 2 is 2.00 bits per heavy atom. The van der Waals surface area contributed by atoms with E-state index in [4.69, 9.17) is 0 Å². The summed E-state index contributed by atoms with van der Waals surface area (Å²) in [5, 5.41) is 1.16. The Bertz CT molecular complexity index is 339. The van der Waals surface area contributed by atoms with Crippen LogP contribution < -0.4 is 0 Å². The van der Waals surface area contributed by atoms with Crippen LogP contribution in [0.3, 0.4) is 0 Å². The van der Waals surface area contributed by atoms with E-state index in [1.807, 2.05) is 0 Å². The molecule has 0 atom stereocenters. The molecule has 1 nitrogen and oxygen atoms in total. The predicted octanol–water partition coefficient (Wildman–Crippen LogP) is 3.69. The Balaban J connectivity index is 2.96. The third-order valence-corrected chi connectivity index (χ3v) is 2.80. The fourth-order valence-corrected chi connectivity index (χ4v) is 1.80. The second-order valence-electron chi connectivity index (χ2n) is 2.84. The molecule has 0 aliphatic rings. The molecule has 1 aromatic rings. The molecule has 14 heavy (non-hydrogen) atoms. The van der Waals surface area contributed by atoms with Crippen LogP contribution in [-0.2, 0) is 5.33 Å². The highest BCUT2D eigenvalue weighted by Gasteiger charge is 2.07. The Kier molecular flexibility index (Phi) is 4.75. The molecule has 0 aliphatic heterocycles. The highest BCUT2D eigenvalue weighted by atomic mass is 79.9. The molecule has 0 fully saturated rings. The molecule has 0 unspecified atom stereocenters. The number of Topliss-reactive ketones (excluding diaryl/α,β-unsaturated/α-hetero) is 1. The molecular formula is C10H9Br2FO. The molecule has 0 bridgehead atoms. The summed E-state index contributed by atoms with van der Waals surface area (Å²) in [6, 6.07) is 4.40. The molecule has 4 heteroatoms. The zero-order valence-electron chi connectivity index (χ0n) is 7.40. The minimum atomic E-state index is -0.361. The molecule has 0 amide bonds.